The number of alkyl halides is 2. The standard InChI is InChI=1S/C10H19F2NO/c1-4-13-5-6-14-7-8-9(2,3)10(8,11)12/h8,13H,4-7H2,1-3H3. The Hall–Kier alpha value is -0.220. The quantitative estimate of drug-likeness (QED) is 0.672. The third-order valence-corrected chi connectivity index (χ3v) is 3.04. The average Bonchev–Trinajstić information content (AvgIpc) is 2.46. The second-order valence-electron chi connectivity index (χ2n) is 4.33. The Kier molecular flexibility index (Phi) is 3.48. The summed E-state index contributed by atoms with van der Waals surface area (Å²) in [6.45, 7) is 7.47. The molecule has 0 aromatic rings. The van der Waals surface area contributed by atoms with E-state index in [0.29, 0.717) is 6.61 Å². The lowest BCUT2D eigenvalue weighted by Crippen LogP contribution is -2.19. The second-order valence-corrected chi connectivity index (χ2v) is 4.33. The van der Waals surface area contributed by atoms with E-state index >= 15 is 0 Å². The van der Waals surface area contributed by atoms with Gasteiger partial charge in [-0.25, -0.2) is 8.78 Å². The van der Waals surface area contributed by atoms with E-state index in [0.717, 1.165) is 13.1 Å². The minimum absolute atomic E-state index is 0.172. The first-order valence-corrected chi connectivity index (χ1v) is 5.11. The Morgan fingerprint density at radius 1 is 1.36 bits per heavy atom. The minimum atomic E-state index is -2.54. The highest BCUT2D eigenvalue weighted by atomic mass is 19.3. The van der Waals surface area contributed by atoms with Gasteiger partial charge in [0.2, 0.25) is 0 Å². The number of nitrogens with one attached hydrogen (secondary N) is 1. The van der Waals surface area contributed by atoms with E-state index in [1.165, 1.54) is 0 Å². The lowest BCUT2D eigenvalue weighted by molar-refractivity contribution is 0.0456. The van der Waals surface area contributed by atoms with E-state index in [-0.39, 0.29) is 6.61 Å². The van der Waals surface area contributed by atoms with Crippen LogP contribution in [0.4, 0.5) is 8.78 Å². The lowest BCUT2D eigenvalue weighted by atomic mass is 10.1. The Labute approximate surface area is 84.0 Å². The van der Waals surface area contributed by atoms with E-state index in [4.69, 9.17) is 4.74 Å². The number of hydrogen-bond acceptors (Lipinski definition) is 2. The van der Waals surface area contributed by atoms with Gasteiger partial charge in [0.25, 0.3) is 5.92 Å². The zero-order valence-corrected chi connectivity index (χ0v) is 9.07. The van der Waals surface area contributed by atoms with E-state index < -0.39 is 17.3 Å². The summed E-state index contributed by atoms with van der Waals surface area (Å²) in [4.78, 5) is 0. The van der Waals surface area contributed by atoms with Gasteiger partial charge < -0.3 is 10.1 Å². The molecule has 14 heavy (non-hydrogen) atoms. The maximum Gasteiger partial charge on any atom is 0.259 e. The van der Waals surface area contributed by atoms with Crippen LogP contribution in [-0.4, -0.2) is 32.2 Å². The molecule has 0 radical (unpaired) electrons. The Bertz CT molecular complexity index is 181. The van der Waals surface area contributed by atoms with E-state index in [1.807, 2.05) is 6.92 Å². The lowest BCUT2D eigenvalue weighted by Gasteiger charge is -2.04. The van der Waals surface area contributed by atoms with E-state index in [2.05, 4.69) is 5.32 Å². The summed E-state index contributed by atoms with van der Waals surface area (Å²) < 4.78 is 31.3. The molecule has 0 spiro atoms. The van der Waals surface area contributed by atoms with Crippen LogP contribution in [0.25, 0.3) is 0 Å². The molecule has 0 aromatic heterocycles. The molecule has 1 rings (SSSR count). The molecule has 1 aliphatic carbocycles. The molecule has 1 saturated carbocycles. The first-order chi connectivity index (χ1) is 6.44. The number of hydrogen-bond donors (Lipinski definition) is 1. The van der Waals surface area contributed by atoms with Crippen LogP contribution in [0.3, 0.4) is 0 Å². The zero-order chi connectivity index (χ0) is 10.8. The van der Waals surface area contributed by atoms with Gasteiger partial charge in [0, 0.05) is 12.0 Å². The van der Waals surface area contributed by atoms with E-state index in [1.54, 1.807) is 13.8 Å². The fourth-order valence-electron chi connectivity index (χ4n) is 1.59. The number of likely N-dealkylation sites (N-methyl/N-ethyl adjacent to an activating group) is 1. The molecule has 4 heteroatoms. The largest absolute Gasteiger partial charge is 0.380 e. The molecule has 2 nitrogen and oxygen atoms in total. The van der Waals surface area contributed by atoms with Crippen molar-refractivity contribution >= 4 is 0 Å². The molecule has 0 amide bonds. The molecule has 1 atom stereocenters. The molecule has 0 heterocycles. The van der Waals surface area contributed by atoms with Crippen LogP contribution in [0.5, 0.6) is 0 Å². The molecule has 0 aliphatic heterocycles. The van der Waals surface area contributed by atoms with E-state index in [9.17, 15) is 8.78 Å². The van der Waals surface area contributed by atoms with Gasteiger partial charge in [0.1, 0.15) is 0 Å². The third-order valence-electron chi connectivity index (χ3n) is 3.04. The highest BCUT2D eigenvalue weighted by Gasteiger charge is 2.74. The number of ether oxygens (including phenoxy) is 1. The summed E-state index contributed by atoms with van der Waals surface area (Å²) in [5, 5.41) is 3.07. The monoisotopic (exact) mass is 207 g/mol. The number of halogens is 2. The maximum atomic E-state index is 13.1. The van der Waals surface area contributed by atoms with Crippen molar-refractivity contribution in [3.63, 3.8) is 0 Å². The highest BCUT2D eigenvalue weighted by Crippen LogP contribution is 2.65. The third kappa shape index (κ3) is 2.06. The maximum absolute atomic E-state index is 13.1. The predicted molar refractivity (Wildman–Crippen MR) is 51.6 cm³/mol. The normalized spacial score (nSPS) is 27.6. The molecule has 0 saturated heterocycles. The molecule has 1 aliphatic rings. The molecule has 1 N–H and O–H groups in total. The van der Waals surface area contributed by atoms with Gasteiger partial charge in [-0.3, -0.25) is 0 Å². The summed E-state index contributed by atoms with van der Waals surface area (Å²) in [6, 6.07) is 0. The van der Waals surface area contributed by atoms with Crippen molar-refractivity contribution in [2.24, 2.45) is 11.3 Å². The first kappa shape index (κ1) is 11.9. The van der Waals surface area contributed by atoms with Crippen molar-refractivity contribution < 1.29 is 13.5 Å². The van der Waals surface area contributed by atoms with Crippen molar-refractivity contribution in [1.82, 2.24) is 5.32 Å². The predicted octanol–water partition coefficient (Wildman–Crippen LogP) is 1.90. The smallest absolute Gasteiger partial charge is 0.259 e. The minimum Gasteiger partial charge on any atom is -0.380 e. The summed E-state index contributed by atoms with van der Waals surface area (Å²) in [7, 11) is 0. The first-order valence-electron chi connectivity index (χ1n) is 5.11. The van der Waals surface area contributed by atoms with Gasteiger partial charge in [0.05, 0.1) is 19.1 Å². The molecule has 1 fully saturated rings. The SMILES string of the molecule is CCNCCOCC1C(C)(C)C1(F)F. The molecule has 0 aromatic carbocycles. The second kappa shape index (κ2) is 4.11. The van der Waals surface area contributed by atoms with Gasteiger partial charge >= 0.3 is 0 Å². The van der Waals surface area contributed by atoms with Crippen molar-refractivity contribution in [3.8, 4) is 0 Å². The topological polar surface area (TPSA) is 21.3 Å². The zero-order valence-electron chi connectivity index (χ0n) is 9.07. The molecular weight excluding hydrogens is 188 g/mol. The highest BCUT2D eigenvalue weighted by molar-refractivity contribution is 5.12. The molecule has 84 valence electrons. The van der Waals surface area contributed by atoms with Crippen molar-refractivity contribution in [3.05, 3.63) is 0 Å². The summed E-state index contributed by atoms with van der Waals surface area (Å²) >= 11 is 0. The van der Waals surface area contributed by atoms with Crippen molar-refractivity contribution in [2.45, 2.75) is 26.7 Å². The van der Waals surface area contributed by atoms with Crippen LogP contribution in [0, 0.1) is 11.3 Å². The Balaban J connectivity index is 2.10. The fraction of sp³-hybridized carbons (Fsp3) is 1.00. The Morgan fingerprint density at radius 2 is 1.93 bits per heavy atom. The Morgan fingerprint density at radius 3 is 2.36 bits per heavy atom. The van der Waals surface area contributed by atoms with Crippen LogP contribution >= 0.6 is 0 Å². The van der Waals surface area contributed by atoms with Crippen molar-refractivity contribution in [2.75, 3.05) is 26.3 Å². The van der Waals surface area contributed by atoms with Gasteiger partial charge in [0.15, 0.2) is 0 Å². The molecule has 0 bridgehead atoms. The van der Waals surface area contributed by atoms with Crippen LogP contribution in [0.1, 0.15) is 20.8 Å². The summed E-state index contributed by atoms with van der Waals surface area (Å²) in [6.07, 6.45) is 0. The summed E-state index contributed by atoms with van der Waals surface area (Å²) in [5.41, 5.74) is -0.870. The number of rotatable bonds is 6. The van der Waals surface area contributed by atoms with Crippen LogP contribution in [0.2, 0.25) is 0 Å². The van der Waals surface area contributed by atoms with Gasteiger partial charge in [-0.05, 0) is 6.54 Å². The van der Waals surface area contributed by atoms with Crippen molar-refractivity contribution in [1.29, 1.82) is 0 Å². The summed E-state index contributed by atoms with van der Waals surface area (Å²) in [5.74, 6) is -3.14. The average molecular weight is 207 g/mol. The van der Waals surface area contributed by atoms with Gasteiger partial charge in [-0.2, -0.15) is 0 Å². The molecular formula is C10H19F2NO. The van der Waals surface area contributed by atoms with Gasteiger partial charge in [-0.15, -0.1) is 0 Å². The fourth-order valence-corrected chi connectivity index (χ4v) is 1.59. The van der Waals surface area contributed by atoms with Crippen LogP contribution in [-0.2, 0) is 4.74 Å². The molecule has 1 unspecified atom stereocenters. The van der Waals surface area contributed by atoms with Gasteiger partial charge in [-0.1, -0.05) is 20.8 Å². The van der Waals surface area contributed by atoms with Crippen LogP contribution in [0.15, 0.2) is 0 Å². The van der Waals surface area contributed by atoms with Crippen LogP contribution < -0.4 is 5.32 Å².